The SMILES string of the molecule is COCCN(Cc1ccc(Br)nc1)C(=O)OC(C)(C)C. The zero-order valence-electron chi connectivity index (χ0n) is 12.4. The molecule has 0 atom stereocenters. The molecule has 0 radical (unpaired) electrons. The summed E-state index contributed by atoms with van der Waals surface area (Å²) in [4.78, 5) is 17.9. The van der Waals surface area contributed by atoms with Crippen molar-refractivity contribution in [3.05, 3.63) is 28.5 Å². The van der Waals surface area contributed by atoms with Gasteiger partial charge in [-0.3, -0.25) is 0 Å². The topological polar surface area (TPSA) is 51.7 Å². The number of carbonyl (C=O) groups excluding carboxylic acids is 1. The van der Waals surface area contributed by atoms with Crippen molar-refractivity contribution in [3.8, 4) is 0 Å². The lowest BCUT2D eigenvalue weighted by atomic mass is 10.2. The van der Waals surface area contributed by atoms with Crippen molar-refractivity contribution in [2.24, 2.45) is 0 Å². The second kappa shape index (κ2) is 7.59. The highest BCUT2D eigenvalue weighted by atomic mass is 79.9. The number of hydrogen-bond acceptors (Lipinski definition) is 4. The van der Waals surface area contributed by atoms with Gasteiger partial charge < -0.3 is 14.4 Å². The van der Waals surface area contributed by atoms with E-state index in [1.165, 1.54) is 0 Å². The summed E-state index contributed by atoms with van der Waals surface area (Å²) < 4.78 is 11.2. The van der Waals surface area contributed by atoms with Gasteiger partial charge in [0.2, 0.25) is 0 Å². The summed E-state index contributed by atoms with van der Waals surface area (Å²) in [5.41, 5.74) is 0.426. The van der Waals surface area contributed by atoms with Crippen molar-refractivity contribution >= 4 is 22.0 Å². The van der Waals surface area contributed by atoms with Gasteiger partial charge in [0.15, 0.2) is 0 Å². The molecule has 0 unspecified atom stereocenters. The van der Waals surface area contributed by atoms with Crippen LogP contribution in [0.15, 0.2) is 22.9 Å². The van der Waals surface area contributed by atoms with Crippen LogP contribution in [0.1, 0.15) is 26.3 Å². The molecule has 1 aromatic rings. The van der Waals surface area contributed by atoms with Gasteiger partial charge >= 0.3 is 6.09 Å². The first kappa shape index (κ1) is 16.9. The first-order valence-corrected chi connectivity index (χ1v) is 7.18. The number of pyridine rings is 1. The van der Waals surface area contributed by atoms with E-state index in [2.05, 4.69) is 20.9 Å². The maximum atomic E-state index is 12.2. The van der Waals surface area contributed by atoms with Crippen LogP contribution >= 0.6 is 15.9 Å². The molecule has 1 rings (SSSR count). The molecule has 0 saturated carbocycles. The van der Waals surface area contributed by atoms with Gasteiger partial charge in [-0.15, -0.1) is 0 Å². The highest BCUT2D eigenvalue weighted by molar-refractivity contribution is 9.10. The van der Waals surface area contributed by atoms with Crippen molar-refractivity contribution in [2.45, 2.75) is 32.9 Å². The fourth-order valence-corrected chi connectivity index (χ4v) is 1.72. The van der Waals surface area contributed by atoms with Crippen molar-refractivity contribution in [3.63, 3.8) is 0 Å². The predicted molar refractivity (Wildman–Crippen MR) is 80.5 cm³/mol. The Bertz CT molecular complexity index is 429. The number of nitrogens with zero attached hydrogens (tertiary/aromatic N) is 2. The van der Waals surface area contributed by atoms with Gasteiger partial charge in [0, 0.05) is 19.9 Å². The molecular formula is C14H21BrN2O3. The van der Waals surface area contributed by atoms with Crippen LogP contribution in [-0.4, -0.2) is 41.8 Å². The highest BCUT2D eigenvalue weighted by Gasteiger charge is 2.22. The normalized spacial score (nSPS) is 11.2. The van der Waals surface area contributed by atoms with E-state index in [9.17, 15) is 4.79 Å². The zero-order chi connectivity index (χ0) is 15.2. The second-order valence-electron chi connectivity index (χ2n) is 5.38. The Morgan fingerprint density at radius 1 is 1.40 bits per heavy atom. The maximum absolute atomic E-state index is 12.2. The first-order valence-electron chi connectivity index (χ1n) is 6.39. The Hall–Kier alpha value is -1.14. The minimum atomic E-state index is -0.514. The van der Waals surface area contributed by atoms with E-state index < -0.39 is 5.60 Å². The van der Waals surface area contributed by atoms with E-state index in [4.69, 9.17) is 9.47 Å². The fraction of sp³-hybridized carbons (Fsp3) is 0.571. The number of hydrogen-bond donors (Lipinski definition) is 0. The molecule has 0 saturated heterocycles. The van der Waals surface area contributed by atoms with E-state index in [1.807, 2.05) is 32.9 Å². The quantitative estimate of drug-likeness (QED) is 0.769. The van der Waals surface area contributed by atoms with Crippen LogP contribution in [0.25, 0.3) is 0 Å². The summed E-state index contributed by atoms with van der Waals surface area (Å²) in [7, 11) is 1.61. The Morgan fingerprint density at radius 2 is 2.10 bits per heavy atom. The molecule has 0 fully saturated rings. The van der Waals surface area contributed by atoms with E-state index in [0.717, 1.165) is 10.2 Å². The summed E-state index contributed by atoms with van der Waals surface area (Å²) in [6, 6.07) is 3.76. The smallest absolute Gasteiger partial charge is 0.410 e. The van der Waals surface area contributed by atoms with Gasteiger partial charge in [0.05, 0.1) is 13.2 Å². The number of rotatable bonds is 5. The van der Waals surface area contributed by atoms with Gasteiger partial charge in [-0.2, -0.15) is 0 Å². The van der Waals surface area contributed by atoms with Crippen LogP contribution in [0.3, 0.4) is 0 Å². The molecule has 20 heavy (non-hydrogen) atoms. The lowest BCUT2D eigenvalue weighted by Crippen LogP contribution is -2.38. The van der Waals surface area contributed by atoms with E-state index in [-0.39, 0.29) is 6.09 Å². The van der Waals surface area contributed by atoms with Gasteiger partial charge in [0.1, 0.15) is 10.2 Å². The van der Waals surface area contributed by atoms with Crippen molar-refractivity contribution in [1.29, 1.82) is 0 Å². The van der Waals surface area contributed by atoms with E-state index in [1.54, 1.807) is 18.2 Å². The minimum Gasteiger partial charge on any atom is -0.444 e. The Labute approximate surface area is 128 Å². The minimum absolute atomic E-state index is 0.350. The van der Waals surface area contributed by atoms with Crippen LogP contribution in [-0.2, 0) is 16.0 Å². The van der Waals surface area contributed by atoms with Gasteiger partial charge in [-0.25, -0.2) is 9.78 Å². The molecule has 1 amide bonds. The van der Waals surface area contributed by atoms with Crippen molar-refractivity contribution < 1.29 is 14.3 Å². The standard InChI is InChI=1S/C14H21BrN2O3/c1-14(2,3)20-13(18)17(7-8-19-4)10-11-5-6-12(15)16-9-11/h5-6,9H,7-8,10H2,1-4H3. The molecule has 0 aliphatic carbocycles. The van der Waals surface area contributed by atoms with Crippen molar-refractivity contribution in [2.75, 3.05) is 20.3 Å². The van der Waals surface area contributed by atoms with E-state index >= 15 is 0 Å². The number of aromatic nitrogens is 1. The largest absolute Gasteiger partial charge is 0.444 e. The fourth-order valence-electron chi connectivity index (χ4n) is 1.48. The molecule has 0 aliphatic rings. The second-order valence-corrected chi connectivity index (χ2v) is 6.20. The molecule has 6 heteroatoms. The van der Waals surface area contributed by atoms with Crippen LogP contribution < -0.4 is 0 Å². The van der Waals surface area contributed by atoms with Crippen LogP contribution in [0.2, 0.25) is 0 Å². The number of methoxy groups -OCH3 is 1. The monoisotopic (exact) mass is 344 g/mol. The molecule has 0 aliphatic heterocycles. The first-order chi connectivity index (χ1) is 9.31. The third-order valence-corrected chi connectivity index (χ3v) is 2.85. The van der Waals surface area contributed by atoms with E-state index in [0.29, 0.717) is 19.7 Å². The van der Waals surface area contributed by atoms with Crippen LogP contribution in [0, 0.1) is 0 Å². The summed E-state index contributed by atoms with van der Waals surface area (Å²) in [6.45, 7) is 6.92. The average molecular weight is 345 g/mol. The number of carbonyl (C=O) groups is 1. The molecule has 5 nitrogen and oxygen atoms in total. The maximum Gasteiger partial charge on any atom is 0.410 e. The molecule has 1 heterocycles. The summed E-state index contributed by atoms with van der Waals surface area (Å²) in [6.07, 6.45) is 1.38. The molecule has 0 N–H and O–H groups in total. The third kappa shape index (κ3) is 6.34. The van der Waals surface area contributed by atoms with Crippen LogP contribution in [0.5, 0.6) is 0 Å². The third-order valence-electron chi connectivity index (χ3n) is 2.38. The highest BCUT2D eigenvalue weighted by Crippen LogP contribution is 2.13. The summed E-state index contributed by atoms with van der Waals surface area (Å²) >= 11 is 3.29. The van der Waals surface area contributed by atoms with Crippen LogP contribution in [0.4, 0.5) is 4.79 Å². The number of amides is 1. The molecule has 0 aromatic carbocycles. The van der Waals surface area contributed by atoms with Gasteiger partial charge in [0.25, 0.3) is 0 Å². The molecular weight excluding hydrogens is 324 g/mol. The molecule has 0 spiro atoms. The lowest BCUT2D eigenvalue weighted by Gasteiger charge is -2.27. The summed E-state index contributed by atoms with van der Waals surface area (Å²) in [5, 5.41) is 0. The molecule has 112 valence electrons. The number of ether oxygens (including phenoxy) is 2. The Kier molecular flexibility index (Phi) is 6.42. The average Bonchev–Trinajstić information content (AvgIpc) is 2.34. The number of halogens is 1. The summed E-state index contributed by atoms with van der Waals surface area (Å²) in [5.74, 6) is 0. The molecule has 0 bridgehead atoms. The van der Waals surface area contributed by atoms with Gasteiger partial charge in [-0.1, -0.05) is 6.07 Å². The lowest BCUT2D eigenvalue weighted by molar-refractivity contribution is 0.0184. The zero-order valence-corrected chi connectivity index (χ0v) is 13.9. The van der Waals surface area contributed by atoms with Gasteiger partial charge in [-0.05, 0) is 48.3 Å². The van der Waals surface area contributed by atoms with Crippen molar-refractivity contribution in [1.82, 2.24) is 9.88 Å². The Balaban J connectivity index is 2.73. The predicted octanol–water partition coefficient (Wildman–Crippen LogP) is 3.23. The molecule has 1 aromatic heterocycles. The Morgan fingerprint density at radius 3 is 2.60 bits per heavy atom.